The number of rotatable bonds is 6. The Morgan fingerprint density at radius 2 is 1.83 bits per heavy atom. The Morgan fingerprint density at radius 1 is 1.00 bits per heavy atom. The van der Waals surface area contributed by atoms with Crippen molar-refractivity contribution in [1.82, 2.24) is 14.8 Å². The van der Waals surface area contributed by atoms with Crippen LogP contribution >= 0.6 is 11.8 Å². The maximum absolute atomic E-state index is 4.45. The van der Waals surface area contributed by atoms with E-state index in [4.69, 9.17) is 0 Å². The summed E-state index contributed by atoms with van der Waals surface area (Å²) in [4.78, 5) is 0. The van der Waals surface area contributed by atoms with Crippen LogP contribution in [0, 0.1) is 6.92 Å². The molecule has 0 radical (unpaired) electrons. The van der Waals surface area contributed by atoms with Crippen LogP contribution in [-0.4, -0.2) is 14.8 Å². The molecule has 23 heavy (non-hydrogen) atoms. The van der Waals surface area contributed by atoms with E-state index in [0.717, 1.165) is 35.3 Å². The molecule has 3 aromatic rings. The second kappa shape index (κ2) is 7.47. The normalized spacial score (nSPS) is 10.9. The lowest BCUT2D eigenvalue weighted by Gasteiger charge is -2.09. The van der Waals surface area contributed by atoms with Crippen LogP contribution in [0.3, 0.4) is 0 Å². The monoisotopic (exact) mass is 323 g/mol. The summed E-state index contributed by atoms with van der Waals surface area (Å²) in [5.74, 6) is 1.88. The van der Waals surface area contributed by atoms with Gasteiger partial charge < -0.3 is 4.57 Å². The first kappa shape index (κ1) is 15.8. The van der Waals surface area contributed by atoms with Crippen LogP contribution < -0.4 is 0 Å². The van der Waals surface area contributed by atoms with Gasteiger partial charge in [0.05, 0.1) is 0 Å². The standard InChI is InChI=1S/C19H21N3S/c1-3-12-22-18(17-11-7-8-15(2)13-17)20-21-19(22)23-14-16-9-5-4-6-10-16/h4-11,13H,3,12,14H2,1-2H3. The molecule has 0 saturated carbocycles. The number of nitrogens with zero attached hydrogens (tertiary/aromatic N) is 3. The average molecular weight is 323 g/mol. The minimum absolute atomic E-state index is 0.913. The van der Waals surface area contributed by atoms with Crippen LogP contribution in [0.5, 0.6) is 0 Å². The van der Waals surface area contributed by atoms with Crippen molar-refractivity contribution in [3.63, 3.8) is 0 Å². The minimum atomic E-state index is 0.913. The third-order valence-corrected chi connectivity index (χ3v) is 4.69. The first-order valence-electron chi connectivity index (χ1n) is 7.95. The molecule has 1 heterocycles. The summed E-state index contributed by atoms with van der Waals surface area (Å²) in [5.41, 5.74) is 3.69. The Hall–Kier alpha value is -2.07. The van der Waals surface area contributed by atoms with E-state index in [1.54, 1.807) is 11.8 Å². The summed E-state index contributed by atoms with van der Waals surface area (Å²) < 4.78 is 2.24. The second-order valence-corrected chi connectivity index (χ2v) is 6.54. The number of aryl methyl sites for hydroxylation is 1. The Morgan fingerprint density at radius 3 is 2.57 bits per heavy atom. The van der Waals surface area contributed by atoms with Crippen molar-refractivity contribution in [3.05, 3.63) is 65.7 Å². The Kier molecular flexibility index (Phi) is 5.13. The van der Waals surface area contributed by atoms with Crippen LogP contribution in [0.25, 0.3) is 11.4 Å². The van der Waals surface area contributed by atoms with E-state index in [1.165, 1.54) is 11.1 Å². The fraction of sp³-hybridized carbons (Fsp3) is 0.263. The lowest BCUT2D eigenvalue weighted by molar-refractivity contribution is 0.626. The summed E-state index contributed by atoms with van der Waals surface area (Å²) in [6, 6.07) is 18.9. The van der Waals surface area contributed by atoms with Gasteiger partial charge in [-0.05, 0) is 25.0 Å². The van der Waals surface area contributed by atoms with Gasteiger partial charge in [0.1, 0.15) is 0 Å². The van der Waals surface area contributed by atoms with Gasteiger partial charge in [-0.15, -0.1) is 10.2 Å². The molecule has 0 amide bonds. The highest BCUT2D eigenvalue weighted by atomic mass is 32.2. The predicted octanol–water partition coefficient (Wildman–Crippen LogP) is 4.96. The van der Waals surface area contributed by atoms with Gasteiger partial charge in [0, 0.05) is 17.9 Å². The largest absolute Gasteiger partial charge is 0.302 e. The molecule has 0 N–H and O–H groups in total. The van der Waals surface area contributed by atoms with Crippen LogP contribution in [0.1, 0.15) is 24.5 Å². The smallest absolute Gasteiger partial charge is 0.191 e. The van der Waals surface area contributed by atoms with Gasteiger partial charge in [0.15, 0.2) is 11.0 Å². The number of benzene rings is 2. The van der Waals surface area contributed by atoms with Gasteiger partial charge >= 0.3 is 0 Å². The first-order valence-corrected chi connectivity index (χ1v) is 8.93. The van der Waals surface area contributed by atoms with Crippen molar-refractivity contribution in [2.24, 2.45) is 0 Å². The predicted molar refractivity (Wildman–Crippen MR) is 96.5 cm³/mol. The first-order chi connectivity index (χ1) is 11.3. The topological polar surface area (TPSA) is 30.7 Å². The zero-order chi connectivity index (χ0) is 16.1. The molecule has 3 rings (SSSR count). The summed E-state index contributed by atoms with van der Waals surface area (Å²) in [6.07, 6.45) is 1.07. The fourth-order valence-electron chi connectivity index (χ4n) is 2.54. The van der Waals surface area contributed by atoms with Crippen LogP contribution in [0.4, 0.5) is 0 Å². The quantitative estimate of drug-likeness (QED) is 0.601. The molecule has 0 saturated heterocycles. The van der Waals surface area contributed by atoms with Crippen LogP contribution in [0.15, 0.2) is 59.8 Å². The van der Waals surface area contributed by atoms with Crippen molar-refractivity contribution in [1.29, 1.82) is 0 Å². The van der Waals surface area contributed by atoms with Gasteiger partial charge in [0.25, 0.3) is 0 Å². The molecule has 118 valence electrons. The van der Waals surface area contributed by atoms with Crippen molar-refractivity contribution in [3.8, 4) is 11.4 Å². The van der Waals surface area contributed by atoms with Crippen molar-refractivity contribution in [2.75, 3.05) is 0 Å². The molecule has 1 aromatic heterocycles. The van der Waals surface area contributed by atoms with Gasteiger partial charge in [0.2, 0.25) is 0 Å². The van der Waals surface area contributed by atoms with E-state index in [-0.39, 0.29) is 0 Å². The summed E-state index contributed by atoms with van der Waals surface area (Å²) >= 11 is 1.75. The van der Waals surface area contributed by atoms with Crippen molar-refractivity contribution in [2.45, 2.75) is 37.7 Å². The number of thioether (sulfide) groups is 1. The lowest BCUT2D eigenvalue weighted by atomic mass is 10.1. The average Bonchev–Trinajstić information content (AvgIpc) is 2.97. The molecule has 0 atom stereocenters. The molecule has 0 spiro atoms. The molecule has 2 aromatic carbocycles. The Balaban J connectivity index is 1.86. The zero-order valence-electron chi connectivity index (χ0n) is 13.6. The third kappa shape index (κ3) is 3.82. The molecule has 0 aliphatic carbocycles. The molecule has 0 unspecified atom stereocenters. The van der Waals surface area contributed by atoms with E-state index in [1.807, 2.05) is 6.07 Å². The van der Waals surface area contributed by atoms with Gasteiger partial charge in [-0.2, -0.15) is 0 Å². The molecular weight excluding hydrogens is 302 g/mol. The molecule has 0 bridgehead atoms. The van der Waals surface area contributed by atoms with Crippen molar-refractivity contribution < 1.29 is 0 Å². The highest BCUT2D eigenvalue weighted by Crippen LogP contribution is 2.27. The third-order valence-electron chi connectivity index (χ3n) is 3.65. The maximum atomic E-state index is 4.45. The molecule has 0 aliphatic heterocycles. The second-order valence-electron chi connectivity index (χ2n) is 5.60. The van der Waals surface area contributed by atoms with Gasteiger partial charge in [-0.25, -0.2) is 0 Å². The van der Waals surface area contributed by atoms with E-state index in [0.29, 0.717) is 0 Å². The fourth-order valence-corrected chi connectivity index (χ4v) is 3.46. The molecule has 4 heteroatoms. The minimum Gasteiger partial charge on any atom is -0.302 e. The molecule has 0 aliphatic rings. The maximum Gasteiger partial charge on any atom is 0.191 e. The van der Waals surface area contributed by atoms with E-state index in [9.17, 15) is 0 Å². The van der Waals surface area contributed by atoms with E-state index >= 15 is 0 Å². The van der Waals surface area contributed by atoms with E-state index in [2.05, 4.69) is 77.1 Å². The highest BCUT2D eigenvalue weighted by Gasteiger charge is 2.14. The summed E-state index contributed by atoms with van der Waals surface area (Å²) in [5, 5.41) is 9.88. The van der Waals surface area contributed by atoms with E-state index < -0.39 is 0 Å². The highest BCUT2D eigenvalue weighted by molar-refractivity contribution is 7.98. The summed E-state index contributed by atoms with van der Waals surface area (Å²) in [7, 11) is 0. The van der Waals surface area contributed by atoms with Crippen molar-refractivity contribution >= 4 is 11.8 Å². The Labute approximate surface area is 141 Å². The molecular formula is C19H21N3S. The number of hydrogen-bond donors (Lipinski definition) is 0. The molecule has 0 fully saturated rings. The van der Waals surface area contributed by atoms with Gasteiger partial charge in [-0.1, -0.05) is 72.8 Å². The number of aromatic nitrogens is 3. The zero-order valence-corrected chi connectivity index (χ0v) is 14.4. The summed E-state index contributed by atoms with van der Waals surface area (Å²) in [6.45, 7) is 5.23. The van der Waals surface area contributed by atoms with Gasteiger partial charge in [-0.3, -0.25) is 0 Å². The number of hydrogen-bond acceptors (Lipinski definition) is 3. The van der Waals surface area contributed by atoms with Crippen LogP contribution in [-0.2, 0) is 12.3 Å². The Bertz CT molecular complexity index is 765. The van der Waals surface area contributed by atoms with Crippen LogP contribution in [0.2, 0.25) is 0 Å². The SMILES string of the molecule is CCCn1c(SCc2ccccc2)nnc1-c1cccc(C)c1. The lowest BCUT2D eigenvalue weighted by Crippen LogP contribution is -2.02. The molecule has 3 nitrogen and oxygen atoms in total.